The van der Waals surface area contributed by atoms with Gasteiger partial charge in [-0.2, -0.15) is 0 Å². The number of hydrogen-bond acceptors (Lipinski definition) is 4. The Labute approximate surface area is 189 Å². The summed E-state index contributed by atoms with van der Waals surface area (Å²) in [5.74, 6) is -0.263. The number of fused-ring (bicyclic) bond motifs is 1. The summed E-state index contributed by atoms with van der Waals surface area (Å²) >= 11 is 1.46. The van der Waals surface area contributed by atoms with E-state index in [0.29, 0.717) is 11.4 Å². The third-order valence-electron chi connectivity index (χ3n) is 5.62. The van der Waals surface area contributed by atoms with Crippen LogP contribution in [-0.2, 0) is 9.59 Å². The van der Waals surface area contributed by atoms with Crippen LogP contribution >= 0.6 is 11.8 Å². The van der Waals surface area contributed by atoms with Crippen molar-refractivity contribution in [2.24, 2.45) is 0 Å². The molecule has 2 heterocycles. The fourth-order valence-corrected chi connectivity index (χ4v) is 5.02. The Balaban J connectivity index is 1.49. The highest BCUT2D eigenvalue weighted by Crippen LogP contribution is 2.41. The lowest BCUT2D eigenvalue weighted by molar-refractivity contribution is -0.122. The molecular formula is C24H27BN3O2S. The average molecular weight is 432 g/mol. The van der Waals surface area contributed by atoms with E-state index in [1.54, 1.807) is 4.90 Å². The zero-order valence-corrected chi connectivity index (χ0v) is 18.7. The lowest BCUT2D eigenvalue weighted by atomic mass is 9.73. The van der Waals surface area contributed by atoms with Crippen molar-refractivity contribution in [1.82, 2.24) is 10.2 Å². The molecule has 31 heavy (non-hydrogen) atoms. The van der Waals surface area contributed by atoms with Gasteiger partial charge in [0, 0.05) is 18.0 Å². The van der Waals surface area contributed by atoms with Crippen molar-refractivity contribution >= 4 is 48.1 Å². The number of nitrogens with one attached hydrogen (secondary N) is 1. The zero-order chi connectivity index (χ0) is 21.6. The van der Waals surface area contributed by atoms with Crippen LogP contribution in [0, 0.1) is 0 Å². The van der Waals surface area contributed by atoms with Gasteiger partial charge < -0.3 is 10.2 Å². The summed E-state index contributed by atoms with van der Waals surface area (Å²) in [4.78, 5) is 31.5. The number of likely N-dealkylation sites (tertiary alicyclic amines) is 1. The van der Waals surface area contributed by atoms with Gasteiger partial charge in [0.25, 0.3) is 5.91 Å². The summed E-state index contributed by atoms with van der Waals surface area (Å²) in [5, 5.41) is 2.98. The van der Waals surface area contributed by atoms with E-state index in [-0.39, 0.29) is 18.4 Å². The molecule has 0 spiro atoms. The number of rotatable bonds is 7. The number of thioether (sulfide) groups is 1. The lowest BCUT2D eigenvalue weighted by Crippen LogP contribution is -2.44. The normalized spacial score (nSPS) is 17.6. The molecule has 159 valence electrons. The maximum atomic E-state index is 13.3. The molecule has 1 fully saturated rings. The lowest BCUT2D eigenvalue weighted by Gasteiger charge is -2.30. The maximum Gasteiger partial charge on any atom is 0.265 e. The van der Waals surface area contributed by atoms with Crippen molar-refractivity contribution in [3.05, 3.63) is 59.0 Å². The number of hydrogen-bond donors (Lipinski definition) is 1. The first-order chi connectivity index (χ1) is 15.1. The van der Waals surface area contributed by atoms with Crippen LogP contribution in [-0.4, -0.2) is 56.7 Å². The molecule has 0 unspecified atom stereocenters. The molecule has 1 radical (unpaired) electrons. The third-order valence-corrected chi connectivity index (χ3v) is 6.70. The van der Waals surface area contributed by atoms with Crippen LogP contribution in [0.1, 0.15) is 18.4 Å². The highest BCUT2D eigenvalue weighted by molar-refractivity contribution is 8.04. The van der Waals surface area contributed by atoms with Crippen LogP contribution in [0.2, 0.25) is 6.82 Å². The zero-order valence-electron chi connectivity index (χ0n) is 17.8. The number of nitrogens with zero attached hydrogens (tertiary/aromatic N) is 2. The van der Waals surface area contributed by atoms with Crippen molar-refractivity contribution < 1.29 is 9.59 Å². The summed E-state index contributed by atoms with van der Waals surface area (Å²) in [6, 6.07) is 15.8. The van der Waals surface area contributed by atoms with Crippen LogP contribution in [0.15, 0.2) is 58.3 Å². The Kier molecular flexibility index (Phi) is 7.15. The van der Waals surface area contributed by atoms with Crippen LogP contribution in [0.25, 0.3) is 6.08 Å². The fraction of sp³-hybridized carbons (Fsp3) is 0.333. The minimum absolute atomic E-state index is 0.0243. The van der Waals surface area contributed by atoms with Gasteiger partial charge in [0.15, 0.2) is 0 Å². The van der Waals surface area contributed by atoms with Crippen molar-refractivity contribution in [3.63, 3.8) is 0 Å². The number of amides is 2. The first-order valence-corrected chi connectivity index (χ1v) is 11.6. The summed E-state index contributed by atoms with van der Waals surface area (Å²) in [7, 11) is 2.03. The van der Waals surface area contributed by atoms with Gasteiger partial charge in [0.05, 0.1) is 10.6 Å². The topological polar surface area (TPSA) is 52.7 Å². The van der Waals surface area contributed by atoms with E-state index in [1.165, 1.54) is 24.6 Å². The molecule has 2 amide bonds. The molecule has 0 atom stereocenters. The molecule has 0 aliphatic carbocycles. The van der Waals surface area contributed by atoms with E-state index < -0.39 is 0 Å². The minimum atomic E-state index is -0.135. The fourth-order valence-electron chi connectivity index (χ4n) is 3.96. The average Bonchev–Trinajstić information content (AvgIpc) is 3.30. The number of para-hydroxylation sites is 1. The van der Waals surface area contributed by atoms with Crippen LogP contribution in [0.4, 0.5) is 5.69 Å². The second-order valence-corrected chi connectivity index (χ2v) is 8.91. The molecule has 4 rings (SSSR count). The molecule has 1 saturated heterocycles. The van der Waals surface area contributed by atoms with Crippen LogP contribution in [0.3, 0.4) is 0 Å². The summed E-state index contributed by atoms with van der Waals surface area (Å²) in [5.41, 5.74) is 2.87. The van der Waals surface area contributed by atoms with Gasteiger partial charge in [-0.1, -0.05) is 60.4 Å². The Bertz CT molecular complexity index is 988. The monoisotopic (exact) mass is 432 g/mol. The number of carbonyl (C=O) groups is 2. The number of carbonyl (C=O) groups excluding carboxylic acids is 2. The van der Waals surface area contributed by atoms with Crippen molar-refractivity contribution in [2.45, 2.75) is 24.6 Å². The third kappa shape index (κ3) is 5.41. The predicted octanol–water partition coefficient (Wildman–Crippen LogP) is 2.76. The minimum Gasteiger partial charge on any atom is -0.353 e. The summed E-state index contributed by atoms with van der Waals surface area (Å²) in [6.45, 7) is 5.71. The number of anilines is 1. The van der Waals surface area contributed by atoms with Gasteiger partial charge >= 0.3 is 0 Å². The van der Waals surface area contributed by atoms with Crippen molar-refractivity contribution in [3.8, 4) is 0 Å². The Morgan fingerprint density at radius 2 is 1.97 bits per heavy atom. The van der Waals surface area contributed by atoms with Gasteiger partial charge in [-0.05, 0) is 49.7 Å². The van der Waals surface area contributed by atoms with Gasteiger partial charge in [-0.15, -0.1) is 0 Å². The van der Waals surface area contributed by atoms with Crippen molar-refractivity contribution in [2.75, 3.05) is 37.6 Å². The molecule has 0 bridgehead atoms. The Morgan fingerprint density at radius 3 is 2.77 bits per heavy atom. The summed E-state index contributed by atoms with van der Waals surface area (Å²) < 4.78 is 0. The maximum absolute atomic E-state index is 13.3. The molecule has 2 aromatic carbocycles. The molecule has 0 aromatic heterocycles. The van der Waals surface area contributed by atoms with Gasteiger partial charge in [-0.25, -0.2) is 0 Å². The van der Waals surface area contributed by atoms with E-state index >= 15 is 0 Å². The smallest absolute Gasteiger partial charge is 0.265 e. The van der Waals surface area contributed by atoms with E-state index in [2.05, 4.69) is 16.3 Å². The highest BCUT2D eigenvalue weighted by Gasteiger charge is 2.30. The first-order valence-electron chi connectivity index (χ1n) is 10.8. The van der Waals surface area contributed by atoms with E-state index in [9.17, 15) is 9.59 Å². The van der Waals surface area contributed by atoms with Crippen molar-refractivity contribution in [1.29, 1.82) is 0 Å². The predicted molar refractivity (Wildman–Crippen MR) is 129 cm³/mol. The molecule has 2 aliphatic rings. The molecule has 1 N–H and O–H groups in total. The second kappa shape index (κ2) is 10.2. The molecule has 2 aromatic rings. The van der Waals surface area contributed by atoms with Crippen LogP contribution < -0.4 is 15.7 Å². The Hall–Kier alpha value is -2.51. The molecule has 7 heteroatoms. The van der Waals surface area contributed by atoms with Gasteiger partial charge in [0.2, 0.25) is 5.91 Å². The standard InChI is InChI=1S/C24H27BN3O2S/c1-25-19-8-6-7-18(15-19)16-22-24(30)28(20-9-2-3-10-21(20)31-22)17-23(29)26-11-14-27-12-4-5-13-27/h2-3,6-10,15-16H,4-5,11-14,17H2,1H3,(H,26,29). The van der Waals surface area contributed by atoms with E-state index in [0.717, 1.165) is 41.2 Å². The molecular weight excluding hydrogens is 405 g/mol. The molecule has 2 aliphatic heterocycles. The van der Waals surface area contributed by atoms with Crippen LogP contribution in [0.5, 0.6) is 0 Å². The Morgan fingerprint density at radius 1 is 1.16 bits per heavy atom. The number of benzene rings is 2. The van der Waals surface area contributed by atoms with E-state index in [4.69, 9.17) is 0 Å². The second-order valence-electron chi connectivity index (χ2n) is 7.83. The molecule has 5 nitrogen and oxygen atoms in total. The highest BCUT2D eigenvalue weighted by atomic mass is 32.2. The quantitative estimate of drug-likeness (QED) is 0.540. The molecule has 0 saturated carbocycles. The van der Waals surface area contributed by atoms with Gasteiger partial charge in [-0.3, -0.25) is 14.5 Å². The first kappa shape index (κ1) is 21.7. The summed E-state index contributed by atoms with van der Waals surface area (Å²) in [6.07, 6.45) is 4.38. The van der Waals surface area contributed by atoms with Gasteiger partial charge in [0.1, 0.15) is 13.8 Å². The SMILES string of the molecule is C[B]c1cccc(C=C2Sc3ccccc3N(CC(=O)NCCN3CCCC3)C2=O)c1. The largest absolute Gasteiger partial charge is 0.353 e. The van der Waals surface area contributed by atoms with E-state index in [1.807, 2.05) is 62.6 Å².